The molecule has 0 radical (unpaired) electrons. The molecule has 2 aliphatic heterocycles. The van der Waals surface area contributed by atoms with E-state index in [1.807, 2.05) is 6.26 Å². The molecule has 0 aromatic carbocycles. The minimum atomic E-state index is -0.159. The zero-order chi connectivity index (χ0) is 17.6. The summed E-state index contributed by atoms with van der Waals surface area (Å²) in [6, 6.07) is 1.76. The summed E-state index contributed by atoms with van der Waals surface area (Å²) in [5.41, 5.74) is 1.17. The molecule has 8 heteroatoms. The van der Waals surface area contributed by atoms with E-state index in [0.717, 1.165) is 31.8 Å². The van der Waals surface area contributed by atoms with E-state index in [0.29, 0.717) is 36.1 Å². The number of amides is 2. The van der Waals surface area contributed by atoms with Crippen molar-refractivity contribution in [2.45, 2.75) is 12.8 Å². The highest BCUT2D eigenvalue weighted by atomic mass is 32.2. The smallest absolute Gasteiger partial charge is 0.252 e. The second-order valence-electron chi connectivity index (χ2n) is 6.25. The van der Waals surface area contributed by atoms with Gasteiger partial charge in [-0.15, -0.1) is 0 Å². The van der Waals surface area contributed by atoms with Crippen molar-refractivity contribution in [2.24, 2.45) is 5.92 Å². The van der Waals surface area contributed by atoms with Crippen molar-refractivity contribution in [3.05, 3.63) is 17.8 Å². The average molecular weight is 364 g/mol. The van der Waals surface area contributed by atoms with Crippen LogP contribution in [0.5, 0.6) is 0 Å². The Morgan fingerprint density at radius 3 is 3.04 bits per heavy atom. The summed E-state index contributed by atoms with van der Waals surface area (Å²) in [6.07, 6.45) is 5.46. The second-order valence-corrected chi connectivity index (χ2v) is 7.24. The molecule has 2 aliphatic rings. The van der Waals surface area contributed by atoms with Gasteiger partial charge in [-0.3, -0.25) is 9.59 Å². The lowest BCUT2D eigenvalue weighted by Crippen LogP contribution is -2.44. The number of fused-ring (bicyclic) bond motifs is 1. The van der Waals surface area contributed by atoms with Crippen LogP contribution in [-0.4, -0.2) is 61.7 Å². The maximum Gasteiger partial charge on any atom is 0.252 e. The molecule has 3 rings (SSSR count). The van der Waals surface area contributed by atoms with Crippen molar-refractivity contribution in [1.82, 2.24) is 10.3 Å². The maximum atomic E-state index is 12.4. The van der Waals surface area contributed by atoms with Crippen LogP contribution in [0, 0.1) is 5.92 Å². The zero-order valence-corrected chi connectivity index (χ0v) is 15.2. The molecule has 136 valence electrons. The van der Waals surface area contributed by atoms with E-state index in [1.165, 1.54) is 0 Å². The molecule has 1 fully saturated rings. The number of anilines is 2. The molecule has 0 unspecified atom stereocenters. The van der Waals surface area contributed by atoms with Gasteiger partial charge >= 0.3 is 0 Å². The van der Waals surface area contributed by atoms with E-state index in [2.05, 4.69) is 15.6 Å². The topological polar surface area (TPSA) is 83.6 Å². The van der Waals surface area contributed by atoms with Gasteiger partial charge in [0.1, 0.15) is 5.82 Å². The van der Waals surface area contributed by atoms with Crippen LogP contribution in [-0.2, 0) is 9.53 Å². The predicted molar refractivity (Wildman–Crippen MR) is 99.3 cm³/mol. The summed E-state index contributed by atoms with van der Waals surface area (Å²) in [6.45, 7) is 2.99. The Labute approximate surface area is 151 Å². The fraction of sp³-hybridized carbons (Fsp3) is 0.588. The maximum absolute atomic E-state index is 12.4. The second kappa shape index (κ2) is 8.53. The van der Waals surface area contributed by atoms with Crippen molar-refractivity contribution >= 4 is 35.1 Å². The molecular weight excluding hydrogens is 340 g/mol. The van der Waals surface area contributed by atoms with Gasteiger partial charge in [0.15, 0.2) is 0 Å². The number of thioether (sulfide) groups is 1. The van der Waals surface area contributed by atoms with Gasteiger partial charge in [-0.1, -0.05) is 0 Å². The molecule has 2 N–H and O–H groups in total. The van der Waals surface area contributed by atoms with E-state index >= 15 is 0 Å². The minimum Gasteiger partial charge on any atom is -0.381 e. The molecule has 0 aliphatic carbocycles. The van der Waals surface area contributed by atoms with Crippen molar-refractivity contribution in [3.8, 4) is 0 Å². The lowest BCUT2D eigenvalue weighted by molar-refractivity contribution is -0.117. The molecule has 2 amide bonds. The summed E-state index contributed by atoms with van der Waals surface area (Å²) < 4.78 is 5.40. The third-order valence-electron chi connectivity index (χ3n) is 4.50. The van der Waals surface area contributed by atoms with Gasteiger partial charge in [-0.05, 0) is 31.1 Å². The first-order valence-corrected chi connectivity index (χ1v) is 9.97. The Morgan fingerprint density at radius 2 is 2.28 bits per heavy atom. The van der Waals surface area contributed by atoms with Crippen molar-refractivity contribution in [1.29, 1.82) is 0 Å². The molecule has 0 spiro atoms. The lowest BCUT2D eigenvalue weighted by atomic mass is 9.99. The fourth-order valence-corrected chi connectivity index (χ4v) is 3.37. The molecular formula is C17H24N4O3S. The summed E-state index contributed by atoms with van der Waals surface area (Å²) >= 11 is 1.68. The average Bonchev–Trinajstić information content (AvgIpc) is 2.64. The van der Waals surface area contributed by atoms with E-state index in [-0.39, 0.29) is 18.4 Å². The monoisotopic (exact) mass is 364 g/mol. The number of pyridine rings is 1. The van der Waals surface area contributed by atoms with Gasteiger partial charge in [0.25, 0.3) is 5.91 Å². The molecule has 0 saturated carbocycles. The van der Waals surface area contributed by atoms with Crippen LogP contribution in [0.15, 0.2) is 12.3 Å². The fourth-order valence-electron chi connectivity index (χ4n) is 3.06. The Balaban J connectivity index is 1.76. The van der Waals surface area contributed by atoms with E-state index in [9.17, 15) is 9.59 Å². The third-order valence-corrected chi connectivity index (χ3v) is 5.11. The summed E-state index contributed by atoms with van der Waals surface area (Å²) in [4.78, 5) is 30.8. The number of carbonyl (C=O) groups excluding carboxylic acids is 2. The van der Waals surface area contributed by atoms with E-state index in [1.54, 1.807) is 28.9 Å². The lowest BCUT2D eigenvalue weighted by Gasteiger charge is -2.33. The Kier molecular flexibility index (Phi) is 6.14. The van der Waals surface area contributed by atoms with Crippen LogP contribution >= 0.6 is 11.8 Å². The van der Waals surface area contributed by atoms with Crippen LogP contribution in [0.25, 0.3) is 0 Å². The van der Waals surface area contributed by atoms with Crippen molar-refractivity contribution in [2.75, 3.05) is 55.1 Å². The van der Waals surface area contributed by atoms with Crippen molar-refractivity contribution in [3.63, 3.8) is 0 Å². The normalized spacial score (nSPS) is 17.8. The Bertz CT molecular complexity index is 634. The number of hydrogen-bond acceptors (Lipinski definition) is 6. The van der Waals surface area contributed by atoms with Crippen LogP contribution in [0.4, 0.5) is 11.5 Å². The highest BCUT2D eigenvalue weighted by Gasteiger charge is 2.29. The molecule has 25 heavy (non-hydrogen) atoms. The minimum absolute atomic E-state index is 0.0146. The molecule has 1 aromatic heterocycles. The number of aromatic nitrogens is 1. The Hall–Kier alpha value is -1.80. The highest BCUT2D eigenvalue weighted by molar-refractivity contribution is 7.98. The summed E-state index contributed by atoms with van der Waals surface area (Å²) in [5.74, 6) is 1.80. The standard InChI is InChI=1S/C17H24N4O3S/c1-25-7-4-18-17(23)13-8-14-16(19-9-13)20-10-15(22)21(14)11-12-2-5-24-6-3-12/h8-9,12H,2-7,10-11H2,1H3,(H,18,23)(H,19,20). The SMILES string of the molecule is CSCCNC(=O)c1cnc2c(c1)N(CC1CCOCC1)C(=O)CN2. The van der Waals surface area contributed by atoms with E-state index in [4.69, 9.17) is 4.74 Å². The first-order valence-electron chi connectivity index (χ1n) is 8.58. The number of hydrogen-bond donors (Lipinski definition) is 2. The first-order chi connectivity index (χ1) is 12.2. The third kappa shape index (κ3) is 4.43. The van der Waals surface area contributed by atoms with Gasteiger partial charge in [0.2, 0.25) is 5.91 Å². The molecule has 0 bridgehead atoms. The summed E-state index contributed by atoms with van der Waals surface area (Å²) in [5, 5.41) is 5.91. The number of nitrogens with zero attached hydrogens (tertiary/aromatic N) is 2. The van der Waals surface area contributed by atoms with Crippen LogP contribution in [0.2, 0.25) is 0 Å². The molecule has 3 heterocycles. The van der Waals surface area contributed by atoms with Gasteiger partial charge in [-0.25, -0.2) is 4.98 Å². The zero-order valence-electron chi connectivity index (χ0n) is 14.4. The van der Waals surface area contributed by atoms with E-state index < -0.39 is 0 Å². The molecule has 0 atom stereocenters. The number of nitrogens with one attached hydrogen (secondary N) is 2. The van der Waals surface area contributed by atoms with Gasteiger partial charge in [0.05, 0.1) is 17.8 Å². The quantitative estimate of drug-likeness (QED) is 0.742. The van der Waals surface area contributed by atoms with Crippen LogP contribution in [0.1, 0.15) is 23.2 Å². The van der Waals surface area contributed by atoms with Gasteiger partial charge in [0, 0.05) is 38.3 Å². The molecule has 1 aromatic rings. The Morgan fingerprint density at radius 1 is 1.48 bits per heavy atom. The summed E-state index contributed by atoms with van der Waals surface area (Å²) in [7, 11) is 0. The highest BCUT2D eigenvalue weighted by Crippen LogP contribution is 2.30. The number of ether oxygens (including phenoxy) is 1. The molecule has 1 saturated heterocycles. The van der Waals surface area contributed by atoms with Gasteiger partial charge in [-0.2, -0.15) is 11.8 Å². The molecule has 7 nitrogen and oxygen atoms in total. The number of carbonyl (C=O) groups is 2. The van der Waals surface area contributed by atoms with Crippen LogP contribution in [0.3, 0.4) is 0 Å². The predicted octanol–water partition coefficient (Wildman–Crippen LogP) is 1.36. The van der Waals surface area contributed by atoms with Crippen molar-refractivity contribution < 1.29 is 14.3 Å². The first kappa shape index (κ1) is 18.0. The largest absolute Gasteiger partial charge is 0.381 e. The van der Waals surface area contributed by atoms with Gasteiger partial charge < -0.3 is 20.3 Å². The van der Waals surface area contributed by atoms with Crippen LogP contribution < -0.4 is 15.5 Å². The number of rotatable bonds is 6.